The third-order valence-electron chi connectivity index (χ3n) is 3.30. The van der Waals surface area contributed by atoms with Crippen LogP contribution < -0.4 is 4.74 Å². The molecule has 3 rings (SSSR count). The number of fused-ring (bicyclic) bond motifs is 1. The Morgan fingerprint density at radius 3 is 2.30 bits per heavy atom. The first-order chi connectivity index (χ1) is 9.04. The molecular weight excluding hydrogens is 283 g/mol. The third kappa shape index (κ3) is 1.55. The Morgan fingerprint density at radius 1 is 1.05 bits per heavy atom. The standard InChI is InChI=1S/C13H9F5O2/c1-11(2)9-5-6-8(20-11)4-3-7(10(6)19-9)12(14,15)13(16,17)18/h3-5H,1-2H3. The third-order valence-corrected chi connectivity index (χ3v) is 3.30. The zero-order valence-corrected chi connectivity index (χ0v) is 10.4. The summed E-state index contributed by atoms with van der Waals surface area (Å²) in [5.41, 5.74) is -2.59. The average Bonchev–Trinajstić information content (AvgIpc) is 2.70. The molecule has 108 valence electrons. The van der Waals surface area contributed by atoms with E-state index >= 15 is 0 Å². The summed E-state index contributed by atoms with van der Waals surface area (Å²) < 4.78 is 75.2. The Bertz CT molecular complexity index is 697. The Labute approximate surface area is 110 Å². The molecule has 0 unspecified atom stereocenters. The van der Waals surface area contributed by atoms with Crippen molar-refractivity contribution >= 4 is 11.0 Å². The van der Waals surface area contributed by atoms with E-state index in [1.165, 1.54) is 6.07 Å². The molecule has 0 N–H and O–H groups in total. The molecule has 7 heteroatoms. The molecule has 0 fully saturated rings. The summed E-state index contributed by atoms with van der Waals surface area (Å²) >= 11 is 0. The van der Waals surface area contributed by atoms with E-state index in [0.29, 0.717) is 6.07 Å². The summed E-state index contributed by atoms with van der Waals surface area (Å²) in [6.07, 6.45) is -5.68. The molecule has 0 atom stereocenters. The quantitative estimate of drug-likeness (QED) is 0.710. The van der Waals surface area contributed by atoms with Gasteiger partial charge in [-0.15, -0.1) is 0 Å². The lowest BCUT2D eigenvalue weighted by Crippen LogP contribution is -2.33. The maximum atomic E-state index is 13.5. The topological polar surface area (TPSA) is 22.4 Å². The van der Waals surface area contributed by atoms with Crippen LogP contribution in [0.1, 0.15) is 25.2 Å². The van der Waals surface area contributed by atoms with Crippen molar-refractivity contribution in [2.24, 2.45) is 0 Å². The molecule has 1 aromatic heterocycles. The van der Waals surface area contributed by atoms with Gasteiger partial charge in [0.1, 0.15) is 17.1 Å². The normalized spacial score (nSPS) is 17.6. The summed E-state index contributed by atoms with van der Waals surface area (Å²) in [4.78, 5) is 0. The highest BCUT2D eigenvalue weighted by Gasteiger charge is 2.60. The van der Waals surface area contributed by atoms with Gasteiger partial charge in [-0.05, 0) is 32.0 Å². The van der Waals surface area contributed by atoms with Gasteiger partial charge in [-0.25, -0.2) is 0 Å². The van der Waals surface area contributed by atoms with Gasteiger partial charge in [-0.3, -0.25) is 0 Å². The monoisotopic (exact) mass is 292 g/mol. The molecule has 0 aliphatic carbocycles. The number of rotatable bonds is 1. The SMILES string of the molecule is CC1(C)Oc2ccc(C(F)(F)C(F)(F)F)c3oc1cc23. The van der Waals surface area contributed by atoms with Gasteiger partial charge in [0.15, 0.2) is 5.60 Å². The van der Waals surface area contributed by atoms with E-state index < -0.39 is 28.8 Å². The van der Waals surface area contributed by atoms with Gasteiger partial charge < -0.3 is 9.15 Å². The second kappa shape index (κ2) is 3.45. The maximum Gasteiger partial charge on any atom is 0.458 e. The maximum absolute atomic E-state index is 13.5. The lowest BCUT2D eigenvalue weighted by molar-refractivity contribution is -0.289. The molecule has 2 nitrogen and oxygen atoms in total. The van der Waals surface area contributed by atoms with Crippen LogP contribution in [0.2, 0.25) is 0 Å². The van der Waals surface area contributed by atoms with E-state index in [1.807, 2.05) is 0 Å². The van der Waals surface area contributed by atoms with Gasteiger partial charge >= 0.3 is 12.1 Å². The molecule has 1 aromatic carbocycles. The number of benzene rings is 1. The minimum Gasteiger partial charge on any atom is -0.479 e. The fourth-order valence-corrected chi connectivity index (χ4v) is 2.21. The fourth-order valence-electron chi connectivity index (χ4n) is 2.21. The highest BCUT2D eigenvalue weighted by Crippen LogP contribution is 2.50. The van der Waals surface area contributed by atoms with Crippen molar-refractivity contribution in [1.29, 1.82) is 0 Å². The van der Waals surface area contributed by atoms with Crippen molar-refractivity contribution in [2.75, 3.05) is 0 Å². The molecule has 2 aromatic rings. The summed E-state index contributed by atoms with van der Waals surface area (Å²) in [6.45, 7) is 3.28. The fraction of sp³-hybridized carbons (Fsp3) is 0.385. The average molecular weight is 292 g/mol. The molecule has 2 bridgehead atoms. The van der Waals surface area contributed by atoms with E-state index in [2.05, 4.69) is 0 Å². The minimum absolute atomic E-state index is 0.126. The van der Waals surface area contributed by atoms with Gasteiger partial charge in [0, 0.05) is 0 Å². The van der Waals surface area contributed by atoms with Gasteiger partial charge in [-0.2, -0.15) is 22.0 Å². The van der Waals surface area contributed by atoms with Gasteiger partial charge in [0.2, 0.25) is 0 Å². The number of ether oxygens (including phenoxy) is 1. The Kier molecular flexibility index (Phi) is 2.28. The molecule has 0 spiro atoms. The molecule has 2 heterocycles. The van der Waals surface area contributed by atoms with Crippen molar-refractivity contribution in [3.8, 4) is 5.75 Å². The minimum atomic E-state index is -5.68. The van der Waals surface area contributed by atoms with E-state index in [1.54, 1.807) is 13.8 Å². The van der Waals surface area contributed by atoms with E-state index in [0.717, 1.165) is 6.07 Å². The van der Waals surface area contributed by atoms with Crippen LogP contribution in [0.25, 0.3) is 11.0 Å². The van der Waals surface area contributed by atoms with Gasteiger partial charge in [0.05, 0.1) is 10.9 Å². The van der Waals surface area contributed by atoms with Crippen molar-refractivity contribution in [3.63, 3.8) is 0 Å². The van der Waals surface area contributed by atoms with Crippen molar-refractivity contribution in [3.05, 3.63) is 29.5 Å². The first kappa shape index (κ1) is 13.2. The second-order valence-electron chi connectivity index (χ2n) is 5.15. The molecule has 20 heavy (non-hydrogen) atoms. The van der Waals surface area contributed by atoms with Crippen molar-refractivity contribution in [1.82, 2.24) is 0 Å². The molecular formula is C13H9F5O2. The zero-order valence-electron chi connectivity index (χ0n) is 10.4. The molecule has 0 saturated heterocycles. The number of furan rings is 1. The molecule has 1 aliphatic rings. The number of alkyl halides is 5. The Balaban J connectivity index is 2.30. The largest absolute Gasteiger partial charge is 0.479 e. The smallest absolute Gasteiger partial charge is 0.458 e. The van der Waals surface area contributed by atoms with Crippen LogP contribution in [-0.4, -0.2) is 6.18 Å². The van der Waals surface area contributed by atoms with E-state index in [9.17, 15) is 22.0 Å². The Morgan fingerprint density at radius 2 is 1.70 bits per heavy atom. The molecule has 0 amide bonds. The van der Waals surface area contributed by atoms with Crippen LogP contribution in [0.15, 0.2) is 22.6 Å². The van der Waals surface area contributed by atoms with E-state index in [4.69, 9.17) is 9.15 Å². The predicted molar refractivity (Wildman–Crippen MR) is 59.8 cm³/mol. The number of hydrogen-bond donors (Lipinski definition) is 0. The summed E-state index contributed by atoms with van der Waals surface area (Å²) in [7, 11) is 0. The first-order valence-corrected chi connectivity index (χ1v) is 5.75. The zero-order chi connectivity index (χ0) is 14.9. The highest BCUT2D eigenvalue weighted by atomic mass is 19.4. The first-order valence-electron chi connectivity index (χ1n) is 5.75. The van der Waals surface area contributed by atoms with Crippen molar-refractivity contribution in [2.45, 2.75) is 31.5 Å². The molecule has 1 aliphatic heterocycles. The Hall–Kier alpha value is -1.79. The van der Waals surface area contributed by atoms with Gasteiger partial charge in [-0.1, -0.05) is 0 Å². The van der Waals surface area contributed by atoms with Crippen LogP contribution in [0.5, 0.6) is 5.75 Å². The van der Waals surface area contributed by atoms with Gasteiger partial charge in [0.25, 0.3) is 0 Å². The second-order valence-corrected chi connectivity index (χ2v) is 5.15. The van der Waals surface area contributed by atoms with Crippen LogP contribution >= 0.6 is 0 Å². The summed E-state index contributed by atoms with van der Waals surface area (Å²) in [5, 5.41) is 0.126. The number of halogens is 5. The van der Waals surface area contributed by atoms with Crippen molar-refractivity contribution < 1.29 is 31.1 Å². The van der Waals surface area contributed by atoms with E-state index in [-0.39, 0.29) is 16.9 Å². The van der Waals surface area contributed by atoms with Crippen LogP contribution in [-0.2, 0) is 11.5 Å². The lowest BCUT2D eigenvalue weighted by atomic mass is 10.0. The highest BCUT2D eigenvalue weighted by molar-refractivity contribution is 5.89. The lowest BCUT2D eigenvalue weighted by Gasteiger charge is -2.25. The van der Waals surface area contributed by atoms with Crippen LogP contribution in [0, 0.1) is 0 Å². The van der Waals surface area contributed by atoms with Crippen LogP contribution in [0.4, 0.5) is 22.0 Å². The molecule has 0 radical (unpaired) electrons. The molecule has 0 saturated carbocycles. The summed E-state index contributed by atoms with van der Waals surface area (Å²) in [6, 6.07) is 3.24. The predicted octanol–water partition coefficient (Wildman–Crippen LogP) is 4.71. The summed E-state index contributed by atoms with van der Waals surface area (Å²) in [5.74, 6) is -4.54. The number of hydrogen-bond acceptors (Lipinski definition) is 2. The van der Waals surface area contributed by atoms with Crippen LogP contribution in [0.3, 0.4) is 0 Å².